The lowest BCUT2D eigenvalue weighted by Crippen LogP contribution is -2.40. The largest absolute Gasteiger partial charge is 0.393 e. The molecule has 1 N–H and O–H groups in total. The van der Waals surface area contributed by atoms with Crippen molar-refractivity contribution in [2.45, 2.75) is 55.8 Å². The SMILES string of the molecule is C[C@@H]1CC[C@@H](C(C)(C)Sc2ccccc2)[C@@H](O)C1. The van der Waals surface area contributed by atoms with Crippen LogP contribution >= 0.6 is 11.8 Å². The van der Waals surface area contributed by atoms with Crippen molar-refractivity contribution in [3.05, 3.63) is 30.3 Å². The lowest BCUT2D eigenvalue weighted by atomic mass is 9.75. The van der Waals surface area contributed by atoms with Gasteiger partial charge in [0.05, 0.1) is 6.10 Å². The van der Waals surface area contributed by atoms with E-state index >= 15 is 0 Å². The summed E-state index contributed by atoms with van der Waals surface area (Å²) in [6.45, 7) is 6.79. The second-order valence-corrected chi connectivity index (χ2v) is 7.84. The van der Waals surface area contributed by atoms with E-state index in [-0.39, 0.29) is 10.9 Å². The van der Waals surface area contributed by atoms with Gasteiger partial charge in [-0.05, 0) is 50.7 Å². The Morgan fingerprint density at radius 3 is 2.44 bits per heavy atom. The van der Waals surface area contributed by atoms with Gasteiger partial charge in [-0.2, -0.15) is 0 Å². The maximum absolute atomic E-state index is 10.3. The van der Waals surface area contributed by atoms with E-state index in [4.69, 9.17) is 0 Å². The highest BCUT2D eigenvalue weighted by Gasteiger charge is 2.38. The quantitative estimate of drug-likeness (QED) is 0.819. The monoisotopic (exact) mass is 264 g/mol. The third-order valence-electron chi connectivity index (χ3n) is 4.10. The van der Waals surface area contributed by atoms with Crippen LogP contribution in [0.15, 0.2) is 35.2 Å². The third kappa shape index (κ3) is 3.30. The van der Waals surface area contributed by atoms with Crippen LogP contribution in [-0.4, -0.2) is 16.0 Å². The molecule has 2 heteroatoms. The number of thioether (sulfide) groups is 1. The molecule has 0 unspecified atom stereocenters. The van der Waals surface area contributed by atoms with E-state index in [9.17, 15) is 5.11 Å². The molecule has 0 radical (unpaired) electrons. The predicted molar refractivity (Wildman–Crippen MR) is 78.9 cm³/mol. The van der Waals surface area contributed by atoms with Gasteiger partial charge in [0.25, 0.3) is 0 Å². The molecule has 100 valence electrons. The summed E-state index contributed by atoms with van der Waals surface area (Å²) in [7, 11) is 0. The van der Waals surface area contributed by atoms with Crippen LogP contribution in [-0.2, 0) is 0 Å². The minimum atomic E-state index is -0.139. The second kappa shape index (κ2) is 5.66. The van der Waals surface area contributed by atoms with Crippen LogP contribution in [0.2, 0.25) is 0 Å². The van der Waals surface area contributed by atoms with Gasteiger partial charge in [-0.25, -0.2) is 0 Å². The average Bonchev–Trinajstić information content (AvgIpc) is 2.29. The molecule has 0 aliphatic heterocycles. The van der Waals surface area contributed by atoms with Crippen LogP contribution in [0.1, 0.15) is 40.0 Å². The minimum absolute atomic E-state index is 0.0981. The molecule has 1 saturated carbocycles. The van der Waals surface area contributed by atoms with Crippen LogP contribution in [0.4, 0.5) is 0 Å². The summed E-state index contributed by atoms with van der Waals surface area (Å²) >= 11 is 1.90. The van der Waals surface area contributed by atoms with Gasteiger partial charge < -0.3 is 5.11 Å². The Morgan fingerprint density at radius 2 is 1.83 bits per heavy atom. The first kappa shape index (κ1) is 14.0. The molecule has 0 saturated heterocycles. The summed E-state index contributed by atoms with van der Waals surface area (Å²) in [6.07, 6.45) is 3.22. The van der Waals surface area contributed by atoms with Gasteiger partial charge >= 0.3 is 0 Å². The molecule has 1 aliphatic carbocycles. The van der Waals surface area contributed by atoms with Gasteiger partial charge in [0.1, 0.15) is 0 Å². The fraction of sp³-hybridized carbons (Fsp3) is 0.625. The fourth-order valence-corrected chi connectivity index (χ4v) is 4.36. The Labute approximate surface area is 115 Å². The van der Waals surface area contributed by atoms with Gasteiger partial charge in [-0.1, -0.05) is 31.5 Å². The zero-order valence-corrected chi connectivity index (χ0v) is 12.4. The summed E-state index contributed by atoms with van der Waals surface area (Å²) in [4.78, 5) is 1.30. The maximum Gasteiger partial charge on any atom is 0.0584 e. The normalized spacial score (nSPS) is 29.2. The topological polar surface area (TPSA) is 20.2 Å². The number of rotatable bonds is 3. The smallest absolute Gasteiger partial charge is 0.0584 e. The van der Waals surface area contributed by atoms with Crippen molar-refractivity contribution in [3.63, 3.8) is 0 Å². The number of hydrogen-bond acceptors (Lipinski definition) is 2. The summed E-state index contributed by atoms with van der Waals surface area (Å²) in [5, 5.41) is 10.3. The standard InChI is InChI=1S/C16H24OS/c1-12-9-10-14(15(17)11-12)16(2,3)18-13-7-5-4-6-8-13/h4-8,12,14-15,17H,9-11H2,1-3H3/t12-,14-,15+/m1/s1. The molecule has 18 heavy (non-hydrogen) atoms. The summed E-state index contributed by atoms with van der Waals surface area (Å²) < 4.78 is 0.0981. The van der Waals surface area contributed by atoms with Crippen LogP contribution in [0.3, 0.4) is 0 Å². The molecule has 1 nitrogen and oxygen atoms in total. The Kier molecular flexibility index (Phi) is 4.39. The lowest BCUT2D eigenvalue weighted by Gasteiger charge is -2.41. The van der Waals surface area contributed by atoms with E-state index in [1.54, 1.807) is 0 Å². The van der Waals surface area contributed by atoms with E-state index < -0.39 is 0 Å². The minimum Gasteiger partial charge on any atom is -0.393 e. The molecule has 1 aromatic carbocycles. The van der Waals surface area contributed by atoms with E-state index in [0.717, 1.165) is 12.8 Å². The molecule has 0 aromatic heterocycles. The van der Waals surface area contributed by atoms with Gasteiger partial charge in [-0.3, -0.25) is 0 Å². The van der Waals surface area contributed by atoms with E-state index in [1.807, 2.05) is 17.8 Å². The highest BCUT2D eigenvalue weighted by molar-refractivity contribution is 8.00. The molecule has 0 amide bonds. The average molecular weight is 264 g/mol. The zero-order valence-electron chi connectivity index (χ0n) is 11.6. The Balaban J connectivity index is 2.06. The molecular formula is C16H24OS. The number of aliphatic hydroxyl groups excluding tert-OH is 1. The number of hydrogen-bond donors (Lipinski definition) is 1. The fourth-order valence-electron chi connectivity index (χ4n) is 3.03. The zero-order chi connectivity index (χ0) is 13.2. The molecule has 1 aromatic rings. The van der Waals surface area contributed by atoms with Gasteiger partial charge in [0, 0.05) is 9.64 Å². The van der Waals surface area contributed by atoms with Crippen molar-refractivity contribution in [2.75, 3.05) is 0 Å². The molecule has 0 heterocycles. The lowest BCUT2D eigenvalue weighted by molar-refractivity contribution is 0.0349. The van der Waals surface area contributed by atoms with Crippen molar-refractivity contribution in [3.8, 4) is 0 Å². The molecule has 1 aliphatic rings. The number of aliphatic hydroxyl groups is 1. The van der Waals surface area contributed by atoms with Crippen LogP contribution < -0.4 is 0 Å². The molecule has 1 fully saturated rings. The first-order valence-electron chi connectivity index (χ1n) is 6.91. The van der Waals surface area contributed by atoms with Gasteiger partial charge in [0.2, 0.25) is 0 Å². The van der Waals surface area contributed by atoms with Crippen molar-refractivity contribution < 1.29 is 5.11 Å². The van der Waals surface area contributed by atoms with Gasteiger partial charge in [0.15, 0.2) is 0 Å². The Morgan fingerprint density at radius 1 is 1.17 bits per heavy atom. The van der Waals surface area contributed by atoms with Crippen molar-refractivity contribution in [2.24, 2.45) is 11.8 Å². The molecule has 3 atom stereocenters. The van der Waals surface area contributed by atoms with Crippen LogP contribution in [0, 0.1) is 11.8 Å². The predicted octanol–water partition coefficient (Wildman–Crippen LogP) is 4.35. The summed E-state index contributed by atoms with van der Waals surface area (Å²) in [6, 6.07) is 10.5. The third-order valence-corrected chi connectivity index (χ3v) is 5.43. The highest BCUT2D eigenvalue weighted by Crippen LogP contribution is 2.45. The Hall–Kier alpha value is -0.470. The summed E-state index contributed by atoms with van der Waals surface area (Å²) in [5.41, 5.74) is 0. The van der Waals surface area contributed by atoms with Gasteiger partial charge in [-0.15, -0.1) is 11.8 Å². The molecule has 2 rings (SSSR count). The van der Waals surface area contributed by atoms with Crippen molar-refractivity contribution >= 4 is 11.8 Å². The molecule has 0 bridgehead atoms. The summed E-state index contributed by atoms with van der Waals surface area (Å²) in [5.74, 6) is 1.08. The first-order chi connectivity index (χ1) is 8.49. The first-order valence-corrected chi connectivity index (χ1v) is 7.73. The van der Waals surface area contributed by atoms with E-state index in [1.165, 1.54) is 11.3 Å². The number of benzene rings is 1. The second-order valence-electron chi connectivity index (χ2n) is 6.11. The molecular weight excluding hydrogens is 240 g/mol. The molecule has 0 spiro atoms. The van der Waals surface area contributed by atoms with Crippen LogP contribution in [0.25, 0.3) is 0 Å². The van der Waals surface area contributed by atoms with Crippen LogP contribution in [0.5, 0.6) is 0 Å². The maximum atomic E-state index is 10.3. The van der Waals surface area contributed by atoms with E-state index in [2.05, 4.69) is 45.0 Å². The Bertz CT molecular complexity index is 374. The van der Waals surface area contributed by atoms with E-state index in [0.29, 0.717) is 11.8 Å². The van der Waals surface area contributed by atoms with Crippen molar-refractivity contribution in [1.82, 2.24) is 0 Å². The van der Waals surface area contributed by atoms with Crippen molar-refractivity contribution in [1.29, 1.82) is 0 Å². The highest BCUT2D eigenvalue weighted by atomic mass is 32.2.